The lowest BCUT2D eigenvalue weighted by Gasteiger charge is -2.17. The quantitative estimate of drug-likeness (QED) is 0.601. The van der Waals surface area contributed by atoms with E-state index in [2.05, 4.69) is 10.4 Å². The lowest BCUT2D eigenvalue weighted by atomic mass is 10.0. The first-order chi connectivity index (χ1) is 13.8. The summed E-state index contributed by atoms with van der Waals surface area (Å²) < 4.78 is 1.52. The molecule has 1 aromatic heterocycles. The molecule has 3 aromatic rings. The number of aromatic nitrogens is 2. The Balaban J connectivity index is 1.90. The van der Waals surface area contributed by atoms with Gasteiger partial charge >= 0.3 is 0 Å². The van der Waals surface area contributed by atoms with Crippen LogP contribution in [0.4, 0.5) is 0 Å². The molecule has 0 saturated heterocycles. The van der Waals surface area contributed by atoms with Crippen LogP contribution in [-0.4, -0.2) is 33.4 Å². The highest BCUT2D eigenvalue weighted by Crippen LogP contribution is 2.15. The number of hydrogen-bond acceptors (Lipinski definition) is 4. The van der Waals surface area contributed by atoms with Crippen LogP contribution in [0.1, 0.15) is 27.3 Å². The van der Waals surface area contributed by atoms with Crippen LogP contribution in [0.5, 0.6) is 0 Å². The van der Waals surface area contributed by atoms with E-state index >= 15 is 0 Å². The van der Waals surface area contributed by atoms with Gasteiger partial charge in [-0.1, -0.05) is 42.5 Å². The number of ketones is 1. The van der Waals surface area contributed by atoms with E-state index < -0.39 is 23.6 Å². The van der Waals surface area contributed by atoms with Crippen molar-refractivity contribution in [2.24, 2.45) is 5.73 Å². The van der Waals surface area contributed by atoms with Gasteiger partial charge in [-0.15, -0.1) is 0 Å². The van der Waals surface area contributed by atoms with Crippen LogP contribution in [0.3, 0.4) is 0 Å². The molecular formula is C22H22N4O3. The molecule has 0 bridgehead atoms. The number of rotatable bonds is 7. The molecule has 0 saturated carbocycles. The number of nitrogens with two attached hydrogens (primary N) is 1. The van der Waals surface area contributed by atoms with Crippen molar-refractivity contribution in [2.75, 3.05) is 0 Å². The van der Waals surface area contributed by atoms with Crippen molar-refractivity contribution in [2.45, 2.75) is 26.3 Å². The maximum Gasteiger partial charge on any atom is 0.287 e. The average Bonchev–Trinajstić information content (AvgIpc) is 3.09. The predicted molar refractivity (Wildman–Crippen MR) is 109 cm³/mol. The Labute approximate surface area is 168 Å². The van der Waals surface area contributed by atoms with Crippen LogP contribution in [0, 0.1) is 13.8 Å². The second kappa shape index (κ2) is 8.52. The second-order valence-corrected chi connectivity index (χ2v) is 6.87. The van der Waals surface area contributed by atoms with Gasteiger partial charge in [0.25, 0.3) is 11.8 Å². The molecule has 0 aliphatic carbocycles. The third-order valence-electron chi connectivity index (χ3n) is 4.46. The van der Waals surface area contributed by atoms with Crippen molar-refractivity contribution in [3.8, 4) is 5.69 Å². The lowest BCUT2D eigenvalue weighted by Crippen LogP contribution is -2.47. The molecule has 0 spiro atoms. The number of primary amides is 1. The van der Waals surface area contributed by atoms with Gasteiger partial charge in [-0.05, 0) is 43.2 Å². The normalized spacial score (nSPS) is 11.7. The molecule has 29 heavy (non-hydrogen) atoms. The summed E-state index contributed by atoms with van der Waals surface area (Å²) >= 11 is 0. The molecular weight excluding hydrogens is 368 g/mol. The molecule has 1 atom stereocenters. The molecule has 0 aliphatic heterocycles. The summed E-state index contributed by atoms with van der Waals surface area (Å²) in [6.07, 6.45) is 0.159. The Morgan fingerprint density at radius 3 is 2.41 bits per heavy atom. The van der Waals surface area contributed by atoms with Crippen molar-refractivity contribution >= 4 is 17.6 Å². The summed E-state index contributed by atoms with van der Waals surface area (Å²) in [7, 11) is 0. The number of nitrogens with one attached hydrogen (secondary N) is 1. The standard InChI is InChI=1S/C22H22N4O3/c1-14-7-6-10-17(11-14)26-19(12-15(2)25-26)22(29)24-18(20(27)21(23)28)13-16-8-4-3-5-9-16/h3-12,18H,13H2,1-2H3,(H2,23,28)(H,24,29). The minimum atomic E-state index is -1.09. The topological polar surface area (TPSA) is 107 Å². The van der Waals surface area contributed by atoms with Crippen molar-refractivity contribution < 1.29 is 14.4 Å². The molecule has 2 aromatic carbocycles. The zero-order chi connectivity index (χ0) is 21.0. The summed E-state index contributed by atoms with van der Waals surface area (Å²) in [5.74, 6) is -2.45. The van der Waals surface area contributed by atoms with Gasteiger partial charge in [0, 0.05) is 6.42 Å². The van der Waals surface area contributed by atoms with E-state index in [1.54, 1.807) is 13.0 Å². The Morgan fingerprint density at radius 1 is 1.03 bits per heavy atom. The Morgan fingerprint density at radius 2 is 1.76 bits per heavy atom. The number of Topliss-reactive ketones (excluding diaryl/α,β-unsaturated/α-hetero) is 1. The van der Waals surface area contributed by atoms with Gasteiger partial charge in [-0.25, -0.2) is 4.68 Å². The molecule has 7 heteroatoms. The van der Waals surface area contributed by atoms with Crippen LogP contribution in [-0.2, 0) is 16.0 Å². The number of amides is 2. The van der Waals surface area contributed by atoms with E-state index in [0.717, 1.165) is 16.8 Å². The van der Waals surface area contributed by atoms with Crippen LogP contribution in [0.25, 0.3) is 5.69 Å². The molecule has 2 amide bonds. The monoisotopic (exact) mass is 390 g/mol. The van der Waals surface area contributed by atoms with E-state index in [1.165, 1.54) is 4.68 Å². The van der Waals surface area contributed by atoms with Crippen molar-refractivity contribution in [1.82, 2.24) is 15.1 Å². The maximum atomic E-state index is 13.0. The molecule has 0 aliphatic rings. The van der Waals surface area contributed by atoms with Gasteiger partial charge in [0.15, 0.2) is 0 Å². The minimum absolute atomic E-state index is 0.159. The van der Waals surface area contributed by atoms with Crippen LogP contribution < -0.4 is 11.1 Å². The van der Waals surface area contributed by atoms with Gasteiger partial charge in [0.1, 0.15) is 11.7 Å². The Bertz CT molecular complexity index is 1060. The fraction of sp³-hybridized carbons (Fsp3) is 0.182. The largest absolute Gasteiger partial charge is 0.363 e. The number of hydrogen-bond donors (Lipinski definition) is 2. The highest BCUT2D eigenvalue weighted by molar-refractivity contribution is 6.38. The average molecular weight is 390 g/mol. The highest BCUT2D eigenvalue weighted by Gasteiger charge is 2.27. The molecule has 7 nitrogen and oxygen atoms in total. The van der Waals surface area contributed by atoms with E-state index in [9.17, 15) is 14.4 Å². The number of benzene rings is 2. The SMILES string of the molecule is Cc1cccc(-n2nc(C)cc2C(=O)NC(Cc2ccccc2)C(=O)C(N)=O)c1. The number of nitrogens with zero attached hydrogens (tertiary/aromatic N) is 2. The molecule has 0 radical (unpaired) electrons. The number of carbonyl (C=O) groups excluding carboxylic acids is 3. The summed E-state index contributed by atoms with van der Waals surface area (Å²) in [6.45, 7) is 3.72. The summed E-state index contributed by atoms with van der Waals surface area (Å²) in [5, 5.41) is 7.04. The van der Waals surface area contributed by atoms with Gasteiger partial charge in [-0.2, -0.15) is 5.10 Å². The Hall–Kier alpha value is -3.74. The van der Waals surface area contributed by atoms with E-state index in [1.807, 2.05) is 61.5 Å². The van der Waals surface area contributed by atoms with Crippen LogP contribution in [0.2, 0.25) is 0 Å². The number of carbonyl (C=O) groups is 3. The van der Waals surface area contributed by atoms with Gasteiger partial charge in [0.2, 0.25) is 5.78 Å². The third-order valence-corrected chi connectivity index (χ3v) is 4.46. The van der Waals surface area contributed by atoms with Crippen molar-refractivity contribution in [3.05, 3.63) is 83.2 Å². The third kappa shape index (κ3) is 4.76. The Kier molecular flexibility index (Phi) is 5.87. The number of aryl methyl sites for hydroxylation is 2. The van der Waals surface area contributed by atoms with Crippen LogP contribution in [0.15, 0.2) is 60.7 Å². The van der Waals surface area contributed by atoms with E-state index in [0.29, 0.717) is 5.69 Å². The van der Waals surface area contributed by atoms with E-state index in [-0.39, 0.29) is 12.1 Å². The summed E-state index contributed by atoms with van der Waals surface area (Å²) in [6, 6.07) is 17.2. The molecule has 1 unspecified atom stereocenters. The fourth-order valence-corrected chi connectivity index (χ4v) is 3.08. The first kappa shape index (κ1) is 20.0. The maximum absolute atomic E-state index is 13.0. The zero-order valence-corrected chi connectivity index (χ0v) is 16.3. The zero-order valence-electron chi connectivity index (χ0n) is 16.3. The van der Waals surface area contributed by atoms with Gasteiger partial charge < -0.3 is 11.1 Å². The van der Waals surface area contributed by atoms with Gasteiger partial charge in [-0.3, -0.25) is 14.4 Å². The molecule has 3 N–H and O–H groups in total. The molecule has 1 heterocycles. The van der Waals surface area contributed by atoms with Crippen molar-refractivity contribution in [1.29, 1.82) is 0 Å². The summed E-state index contributed by atoms with van der Waals surface area (Å²) in [4.78, 5) is 36.8. The minimum Gasteiger partial charge on any atom is -0.363 e. The highest BCUT2D eigenvalue weighted by atomic mass is 16.2. The summed E-state index contributed by atoms with van der Waals surface area (Å²) in [5.41, 5.74) is 8.66. The molecule has 148 valence electrons. The smallest absolute Gasteiger partial charge is 0.287 e. The van der Waals surface area contributed by atoms with Gasteiger partial charge in [0.05, 0.1) is 11.4 Å². The van der Waals surface area contributed by atoms with E-state index in [4.69, 9.17) is 5.73 Å². The predicted octanol–water partition coefficient (Wildman–Crippen LogP) is 1.88. The first-order valence-corrected chi connectivity index (χ1v) is 9.17. The molecule has 3 rings (SSSR count). The second-order valence-electron chi connectivity index (χ2n) is 6.87. The van der Waals surface area contributed by atoms with Crippen molar-refractivity contribution in [3.63, 3.8) is 0 Å². The molecule has 0 fully saturated rings. The first-order valence-electron chi connectivity index (χ1n) is 9.17. The fourth-order valence-electron chi connectivity index (χ4n) is 3.08. The van der Waals surface area contributed by atoms with Crippen LogP contribution >= 0.6 is 0 Å². The lowest BCUT2D eigenvalue weighted by molar-refractivity contribution is -0.137.